The smallest absolute Gasteiger partial charge is 0.257 e. The number of halogens is 1. The van der Waals surface area contributed by atoms with Crippen molar-refractivity contribution in [3.8, 4) is 17.2 Å². The molecule has 10 heteroatoms. The zero-order chi connectivity index (χ0) is 25.4. The number of hydrogen-bond acceptors (Lipinski definition) is 7. The molecule has 0 radical (unpaired) electrons. The Balaban J connectivity index is 1.86. The Labute approximate surface area is 203 Å². The van der Waals surface area contributed by atoms with Crippen molar-refractivity contribution < 1.29 is 28.6 Å². The summed E-state index contributed by atoms with van der Waals surface area (Å²) >= 11 is 0. The van der Waals surface area contributed by atoms with Crippen LogP contribution < -0.4 is 20.1 Å². The number of carbonyl (C=O) groups excluding carboxylic acids is 2. The van der Waals surface area contributed by atoms with Gasteiger partial charge in [-0.2, -0.15) is 0 Å². The number of benzene rings is 2. The maximum atomic E-state index is 14.8. The summed E-state index contributed by atoms with van der Waals surface area (Å²) in [6, 6.07) is 8.27. The van der Waals surface area contributed by atoms with Crippen LogP contribution in [0.4, 0.5) is 4.39 Å². The zero-order valence-corrected chi connectivity index (χ0v) is 19.6. The van der Waals surface area contributed by atoms with Gasteiger partial charge in [-0.3, -0.25) is 15.0 Å². The average Bonchev–Trinajstić information content (AvgIpc) is 2.81. The van der Waals surface area contributed by atoms with Gasteiger partial charge < -0.3 is 30.1 Å². The third-order valence-electron chi connectivity index (χ3n) is 5.32. The number of nitrogens with one attached hydrogen (secondary N) is 3. The molecule has 1 aliphatic rings. The molecule has 2 aromatic rings. The maximum absolute atomic E-state index is 14.8. The van der Waals surface area contributed by atoms with Crippen LogP contribution in [0, 0.1) is 11.2 Å². The van der Waals surface area contributed by atoms with Crippen molar-refractivity contribution >= 4 is 17.6 Å². The van der Waals surface area contributed by atoms with Crippen LogP contribution in [0.3, 0.4) is 0 Å². The molecular weight excluding hydrogens is 455 g/mol. The third-order valence-corrected chi connectivity index (χ3v) is 5.32. The van der Waals surface area contributed by atoms with Gasteiger partial charge in [0.05, 0.1) is 6.61 Å². The van der Waals surface area contributed by atoms with Crippen LogP contribution in [0.15, 0.2) is 48.7 Å². The van der Waals surface area contributed by atoms with Crippen molar-refractivity contribution in [2.24, 2.45) is 0 Å². The molecule has 1 aliphatic heterocycles. The number of hydrogen-bond donors (Lipinski definition) is 4. The standard InChI is InChI=1S/C25H29FN4O5/c1-3-18(15-31)34-19-11-17(24(32)29-23(27)7-8-28-2)12-20(14-19)35-22-6-5-16(13-21(22)26)25(33)30-9-4-10-30/h5-8,11-14,18,28,31H,3-4,9-10,15H2,1-2H3,(H2,27,29,32)/b8-7-/t18-/m0/s1. The SMILES string of the molecule is CC[C@@H](CO)Oc1cc(Oc2ccc(C(=O)N3CCC3)cc2F)cc(C(=O)NC(=N)/C=C\NC)c1. The number of likely N-dealkylation sites (tertiary alicyclic amines) is 1. The first kappa shape index (κ1) is 25.7. The summed E-state index contributed by atoms with van der Waals surface area (Å²) in [7, 11) is 1.66. The molecule has 9 nitrogen and oxygen atoms in total. The van der Waals surface area contributed by atoms with E-state index in [1.807, 2.05) is 6.92 Å². The number of amides is 2. The summed E-state index contributed by atoms with van der Waals surface area (Å²) < 4.78 is 26.2. The summed E-state index contributed by atoms with van der Waals surface area (Å²) in [6.45, 7) is 2.92. The zero-order valence-electron chi connectivity index (χ0n) is 19.6. The molecular formula is C25H29FN4O5. The summed E-state index contributed by atoms with van der Waals surface area (Å²) in [5.74, 6) is -1.50. The van der Waals surface area contributed by atoms with Crippen molar-refractivity contribution in [3.63, 3.8) is 0 Å². The molecule has 0 aromatic heterocycles. The molecule has 0 bridgehead atoms. The van der Waals surface area contributed by atoms with Gasteiger partial charge in [0.1, 0.15) is 23.4 Å². The van der Waals surface area contributed by atoms with Gasteiger partial charge in [0, 0.05) is 37.3 Å². The third kappa shape index (κ3) is 6.80. The highest BCUT2D eigenvalue weighted by atomic mass is 19.1. The van der Waals surface area contributed by atoms with Gasteiger partial charge in [0.15, 0.2) is 11.6 Å². The lowest BCUT2D eigenvalue weighted by Gasteiger charge is -2.30. The van der Waals surface area contributed by atoms with Gasteiger partial charge in [-0.05, 0) is 55.4 Å². The fraction of sp³-hybridized carbons (Fsp3) is 0.320. The lowest BCUT2D eigenvalue weighted by Crippen LogP contribution is -2.42. The first-order valence-electron chi connectivity index (χ1n) is 11.3. The molecule has 186 valence electrons. The topological polar surface area (TPSA) is 124 Å². The summed E-state index contributed by atoms with van der Waals surface area (Å²) in [5.41, 5.74) is 0.339. The number of ether oxygens (including phenoxy) is 2. The summed E-state index contributed by atoms with van der Waals surface area (Å²) in [5, 5.41) is 22.5. The number of rotatable bonds is 10. The van der Waals surface area contributed by atoms with E-state index in [0.717, 1.165) is 12.5 Å². The van der Waals surface area contributed by atoms with Crippen LogP contribution in [0.5, 0.6) is 17.2 Å². The lowest BCUT2D eigenvalue weighted by molar-refractivity contribution is 0.0651. The monoisotopic (exact) mass is 484 g/mol. The van der Waals surface area contributed by atoms with Crippen LogP contribution in [0.2, 0.25) is 0 Å². The van der Waals surface area contributed by atoms with E-state index >= 15 is 0 Å². The highest BCUT2D eigenvalue weighted by Gasteiger charge is 2.23. The van der Waals surface area contributed by atoms with E-state index in [2.05, 4.69) is 10.6 Å². The molecule has 1 heterocycles. The summed E-state index contributed by atoms with van der Waals surface area (Å²) in [6.07, 6.45) is 3.80. The van der Waals surface area contributed by atoms with E-state index in [0.29, 0.717) is 19.5 Å². The van der Waals surface area contributed by atoms with Crippen molar-refractivity contribution in [3.05, 3.63) is 65.6 Å². The number of carbonyl (C=O) groups is 2. The van der Waals surface area contributed by atoms with Gasteiger partial charge in [0.25, 0.3) is 11.8 Å². The molecule has 2 amide bonds. The molecule has 1 atom stereocenters. The number of aliphatic hydroxyl groups excluding tert-OH is 1. The highest BCUT2D eigenvalue weighted by Crippen LogP contribution is 2.30. The van der Waals surface area contributed by atoms with Gasteiger partial charge >= 0.3 is 0 Å². The molecule has 0 saturated carbocycles. The van der Waals surface area contributed by atoms with Gasteiger partial charge in [0.2, 0.25) is 0 Å². The molecule has 0 spiro atoms. The van der Waals surface area contributed by atoms with Crippen LogP contribution in [-0.4, -0.2) is 60.5 Å². The molecule has 35 heavy (non-hydrogen) atoms. The van der Waals surface area contributed by atoms with E-state index in [1.54, 1.807) is 11.9 Å². The van der Waals surface area contributed by atoms with Crippen molar-refractivity contribution in [1.82, 2.24) is 15.5 Å². The molecule has 2 aromatic carbocycles. The van der Waals surface area contributed by atoms with E-state index in [4.69, 9.17) is 14.9 Å². The molecule has 0 unspecified atom stereocenters. The fourth-order valence-corrected chi connectivity index (χ4v) is 3.22. The maximum Gasteiger partial charge on any atom is 0.257 e. The second-order valence-electron chi connectivity index (χ2n) is 7.91. The first-order valence-corrected chi connectivity index (χ1v) is 11.3. The van der Waals surface area contributed by atoms with Gasteiger partial charge in [-0.1, -0.05) is 6.92 Å². The minimum Gasteiger partial charge on any atom is -0.488 e. The predicted molar refractivity (Wildman–Crippen MR) is 129 cm³/mol. The van der Waals surface area contributed by atoms with Gasteiger partial charge in [-0.25, -0.2) is 4.39 Å². The Morgan fingerprint density at radius 2 is 1.94 bits per heavy atom. The molecule has 3 rings (SSSR count). The minimum absolute atomic E-state index is 0.109. The minimum atomic E-state index is -0.727. The second kappa shape index (κ2) is 12.0. The summed E-state index contributed by atoms with van der Waals surface area (Å²) in [4.78, 5) is 26.7. The van der Waals surface area contributed by atoms with Crippen molar-refractivity contribution in [2.75, 3.05) is 26.7 Å². The van der Waals surface area contributed by atoms with Crippen LogP contribution in [0.1, 0.15) is 40.5 Å². The van der Waals surface area contributed by atoms with E-state index < -0.39 is 17.8 Å². The first-order chi connectivity index (χ1) is 16.8. The Morgan fingerprint density at radius 1 is 1.20 bits per heavy atom. The number of aliphatic hydroxyl groups is 1. The molecule has 0 aliphatic carbocycles. The van der Waals surface area contributed by atoms with Gasteiger partial charge in [-0.15, -0.1) is 0 Å². The predicted octanol–water partition coefficient (Wildman–Crippen LogP) is 3.05. The largest absolute Gasteiger partial charge is 0.488 e. The van der Waals surface area contributed by atoms with Crippen LogP contribution in [0.25, 0.3) is 0 Å². The Bertz CT molecular complexity index is 1110. The van der Waals surface area contributed by atoms with Crippen LogP contribution in [-0.2, 0) is 0 Å². The molecule has 1 fully saturated rings. The normalized spacial score (nSPS) is 13.7. The van der Waals surface area contributed by atoms with Crippen molar-refractivity contribution in [2.45, 2.75) is 25.9 Å². The number of nitrogens with zero attached hydrogens (tertiary/aromatic N) is 1. The Hall–Kier alpha value is -3.92. The second-order valence-corrected chi connectivity index (χ2v) is 7.91. The highest BCUT2D eigenvalue weighted by molar-refractivity contribution is 6.09. The van der Waals surface area contributed by atoms with E-state index in [9.17, 15) is 19.1 Å². The van der Waals surface area contributed by atoms with E-state index in [-0.39, 0.29) is 46.7 Å². The number of amidine groups is 1. The molecule has 1 saturated heterocycles. The quantitative estimate of drug-likeness (QED) is 0.304. The van der Waals surface area contributed by atoms with Crippen LogP contribution >= 0.6 is 0 Å². The van der Waals surface area contributed by atoms with Crippen molar-refractivity contribution in [1.29, 1.82) is 5.41 Å². The average molecular weight is 485 g/mol. The van der Waals surface area contributed by atoms with E-state index in [1.165, 1.54) is 42.6 Å². The Morgan fingerprint density at radius 3 is 2.54 bits per heavy atom. The lowest BCUT2D eigenvalue weighted by atomic mass is 10.1. The Kier molecular flexibility index (Phi) is 8.80. The fourth-order valence-electron chi connectivity index (χ4n) is 3.22. The molecule has 4 N–H and O–H groups in total.